The number of anilines is 1. The van der Waals surface area contributed by atoms with E-state index in [4.69, 9.17) is 0 Å². The molecule has 19 heavy (non-hydrogen) atoms. The number of nitrogens with one attached hydrogen (secondary N) is 1. The molecule has 0 amide bonds. The first-order valence-corrected chi connectivity index (χ1v) is 6.75. The minimum Gasteiger partial charge on any atom is -0.478 e. The zero-order valence-corrected chi connectivity index (χ0v) is 11.8. The van der Waals surface area contributed by atoms with E-state index in [1.54, 1.807) is 25.2 Å². The molecule has 0 spiro atoms. The van der Waals surface area contributed by atoms with E-state index in [1.807, 2.05) is 24.4 Å². The van der Waals surface area contributed by atoms with Crippen LogP contribution in [0.3, 0.4) is 0 Å². The lowest BCUT2D eigenvalue weighted by Crippen LogP contribution is -2.15. The predicted molar refractivity (Wildman–Crippen MR) is 74.8 cm³/mol. The van der Waals surface area contributed by atoms with Gasteiger partial charge in [0.15, 0.2) is 5.82 Å². The Kier molecular flexibility index (Phi) is 3.80. The highest BCUT2D eigenvalue weighted by Gasteiger charge is 2.19. The van der Waals surface area contributed by atoms with Gasteiger partial charge in [0.1, 0.15) is 5.56 Å². The fraction of sp³-hybridized carbons (Fsp3) is 0.308. The van der Waals surface area contributed by atoms with Crippen LogP contribution in [-0.2, 0) is 0 Å². The number of carbonyl (C=O) groups is 1. The van der Waals surface area contributed by atoms with E-state index in [1.165, 1.54) is 0 Å². The molecule has 1 atom stereocenters. The van der Waals surface area contributed by atoms with Gasteiger partial charge < -0.3 is 10.4 Å². The lowest BCUT2D eigenvalue weighted by Gasteiger charge is -2.15. The molecule has 0 aromatic carbocycles. The number of nitrogens with zero attached hydrogens (tertiary/aromatic N) is 2. The van der Waals surface area contributed by atoms with Crippen molar-refractivity contribution in [2.45, 2.75) is 26.8 Å². The maximum atomic E-state index is 11.4. The third kappa shape index (κ3) is 2.73. The second-order valence-electron chi connectivity index (χ2n) is 4.32. The van der Waals surface area contributed by atoms with Crippen LogP contribution < -0.4 is 5.32 Å². The van der Waals surface area contributed by atoms with Gasteiger partial charge in [-0.15, -0.1) is 16.4 Å². The van der Waals surface area contributed by atoms with E-state index in [0.717, 1.165) is 4.88 Å². The number of aromatic nitrogens is 2. The Morgan fingerprint density at radius 2 is 2.16 bits per heavy atom. The van der Waals surface area contributed by atoms with Gasteiger partial charge in [-0.2, -0.15) is 5.10 Å². The fourth-order valence-corrected chi connectivity index (χ4v) is 2.52. The Bertz CT molecular complexity index is 596. The van der Waals surface area contributed by atoms with Crippen LogP contribution in [0.1, 0.15) is 39.5 Å². The summed E-state index contributed by atoms with van der Waals surface area (Å²) >= 11 is 1.61. The second-order valence-corrected chi connectivity index (χ2v) is 5.30. The predicted octanol–water partition coefficient (Wildman–Crippen LogP) is 3.03. The summed E-state index contributed by atoms with van der Waals surface area (Å²) in [7, 11) is 0. The van der Waals surface area contributed by atoms with E-state index in [-0.39, 0.29) is 11.6 Å². The Morgan fingerprint density at radius 1 is 1.42 bits per heavy atom. The summed E-state index contributed by atoms with van der Waals surface area (Å²) in [5, 5.41) is 22.4. The van der Waals surface area contributed by atoms with Gasteiger partial charge >= 0.3 is 5.97 Å². The van der Waals surface area contributed by atoms with Gasteiger partial charge in [0, 0.05) is 4.88 Å². The van der Waals surface area contributed by atoms with Gasteiger partial charge in [-0.05, 0) is 37.8 Å². The van der Waals surface area contributed by atoms with Gasteiger partial charge in [-0.3, -0.25) is 0 Å². The minimum absolute atomic E-state index is 0.00509. The molecule has 2 aromatic heterocycles. The summed E-state index contributed by atoms with van der Waals surface area (Å²) in [4.78, 5) is 12.5. The maximum absolute atomic E-state index is 11.4. The summed E-state index contributed by atoms with van der Waals surface area (Å²) in [6.07, 6.45) is 0. The van der Waals surface area contributed by atoms with Crippen molar-refractivity contribution in [2.75, 3.05) is 5.32 Å². The normalized spacial score (nSPS) is 12.2. The third-order valence-corrected chi connectivity index (χ3v) is 4.05. The molecule has 2 N–H and O–H groups in total. The summed E-state index contributed by atoms with van der Waals surface area (Å²) in [6, 6.07) is 3.95. The molecular weight excluding hydrogens is 262 g/mol. The highest BCUT2D eigenvalue weighted by Crippen LogP contribution is 2.25. The van der Waals surface area contributed by atoms with Crippen molar-refractivity contribution in [2.24, 2.45) is 0 Å². The smallest absolute Gasteiger partial charge is 0.339 e. The fourth-order valence-electron chi connectivity index (χ4n) is 1.79. The van der Waals surface area contributed by atoms with Crippen molar-refractivity contribution in [3.8, 4) is 0 Å². The molecule has 5 nitrogen and oxygen atoms in total. The van der Waals surface area contributed by atoms with Crippen LogP contribution in [0.4, 0.5) is 5.82 Å². The number of aryl methyl sites for hydroxylation is 1. The number of rotatable bonds is 4. The average molecular weight is 277 g/mol. The molecule has 2 aromatic rings. The third-order valence-electron chi connectivity index (χ3n) is 2.99. The average Bonchev–Trinajstić information content (AvgIpc) is 2.87. The number of carboxylic acid groups (broad SMARTS) is 1. The molecule has 1 unspecified atom stereocenters. The van der Waals surface area contributed by atoms with E-state index < -0.39 is 5.97 Å². The number of aromatic carboxylic acids is 1. The van der Waals surface area contributed by atoms with E-state index in [9.17, 15) is 9.90 Å². The van der Waals surface area contributed by atoms with E-state index in [0.29, 0.717) is 17.1 Å². The molecule has 0 aliphatic carbocycles. The lowest BCUT2D eigenvalue weighted by molar-refractivity contribution is 0.0696. The Balaban J connectivity index is 2.35. The summed E-state index contributed by atoms with van der Waals surface area (Å²) < 4.78 is 0. The SMILES string of the molecule is Cc1nnc(NC(C)c2cccs2)c(C(=O)O)c1C. The van der Waals surface area contributed by atoms with Crippen molar-refractivity contribution < 1.29 is 9.90 Å². The van der Waals surface area contributed by atoms with Crippen LogP contribution in [0.15, 0.2) is 17.5 Å². The molecule has 2 heterocycles. The molecule has 0 saturated heterocycles. The van der Waals surface area contributed by atoms with Crippen LogP contribution in [0.5, 0.6) is 0 Å². The Hall–Kier alpha value is -1.95. The highest BCUT2D eigenvalue weighted by molar-refractivity contribution is 7.10. The largest absolute Gasteiger partial charge is 0.478 e. The molecular formula is C13H15N3O2S. The zero-order chi connectivity index (χ0) is 14.0. The van der Waals surface area contributed by atoms with Gasteiger partial charge in [-0.25, -0.2) is 4.79 Å². The number of thiophene rings is 1. The second kappa shape index (κ2) is 5.36. The monoisotopic (exact) mass is 277 g/mol. The lowest BCUT2D eigenvalue weighted by atomic mass is 10.1. The summed E-state index contributed by atoms with van der Waals surface area (Å²) in [6.45, 7) is 5.46. The van der Waals surface area contributed by atoms with E-state index in [2.05, 4.69) is 15.5 Å². The molecule has 100 valence electrons. The first-order chi connectivity index (χ1) is 9.00. The van der Waals surface area contributed by atoms with Gasteiger partial charge in [0.05, 0.1) is 11.7 Å². The molecule has 0 aliphatic heterocycles. The number of hydrogen-bond donors (Lipinski definition) is 2. The van der Waals surface area contributed by atoms with E-state index >= 15 is 0 Å². The zero-order valence-electron chi connectivity index (χ0n) is 11.0. The summed E-state index contributed by atoms with van der Waals surface area (Å²) in [5.74, 6) is -0.673. The van der Waals surface area contributed by atoms with Crippen molar-refractivity contribution in [1.82, 2.24) is 10.2 Å². The standard InChI is InChI=1S/C13H15N3O2S/c1-7-8(2)15-16-12(11(7)13(17)18)14-9(3)10-5-4-6-19-10/h4-6,9H,1-3H3,(H,14,16)(H,17,18). The molecule has 6 heteroatoms. The highest BCUT2D eigenvalue weighted by atomic mass is 32.1. The van der Waals surface area contributed by atoms with Crippen molar-refractivity contribution in [3.63, 3.8) is 0 Å². The van der Waals surface area contributed by atoms with Crippen molar-refractivity contribution >= 4 is 23.1 Å². The summed E-state index contributed by atoms with van der Waals surface area (Å²) in [5.41, 5.74) is 1.46. The quantitative estimate of drug-likeness (QED) is 0.898. The number of hydrogen-bond acceptors (Lipinski definition) is 5. The van der Waals surface area contributed by atoms with Gasteiger partial charge in [-0.1, -0.05) is 6.07 Å². The molecule has 0 saturated carbocycles. The minimum atomic E-state index is -0.989. The Morgan fingerprint density at radius 3 is 2.74 bits per heavy atom. The molecule has 2 rings (SSSR count). The van der Waals surface area contributed by atoms with Crippen LogP contribution in [0, 0.1) is 13.8 Å². The first-order valence-electron chi connectivity index (χ1n) is 5.87. The molecule has 0 radical (unpaired) electrons. The topological polar surface area (TPSA) is 75.1 Å². The maximum Gasteiger partial charge on any atom is 0.339 e. The van der Waals surface area contributed by atoms with Crippen LogP contribution in [0.25, 0.3) is 0 Å². The van der Waals surface area contributed by atoms with Crippen LogP contribution in [0.2, 0.25) is 0 Å². The molecule has 0 fully saturated rings. The molecule has 0 aliphatic rings. The van der Waals surface area contributed by atoms with Gasteiger partial charge in [0.2, 0.25) is 0 Å². The first kappa shape index (κ1) is 13.5. The molecule has 0 bridgehead atoms. The Labute approximate surface area is 115 Å². The van der Waals surface area contributed by atoms with Crippen molar-refractivity contribution in [1.29, 1.82) is 0 Å². The van der Waals surface area contributed by atoms with Crippen LogP contribution in [-0.4, -0.2) is 21.3 Å². The van der Waals surface area contributed by atoms with Crippen molar-refractivity contribution in [3.05, 3.63) is 39.2 Å². The van der Waals surface area contributed by atoms with Gasteiger partial charge in [0.25, 0.3) is 0 Å². The van der Waals surface area contributed by atoms with Crippen LogP contribution >= 0.6 is 11.3 Å². The number of carboxylic acids is 1.